The fourth-order valence-corrected chi connectivity index (χ4v) is 9.80. The predicted octanol–water partition coefficient (Wildman–Crippen LogP) is 4.43. The van der Waals surface area contributed by atoms with Gasteiger partial charge in [-0.1, -0.05) is 45.9 Å². The summed E-state index contributed by atoms with van der Waals surface area (Å²) in [6.07, 6.45) is -2.96. The summed E-state index contributed by atoms with van der Waals surface area (Å²) in [7, 11) is -9.62. The number of phosphoric ester groups is 2. The number of fused-ring (bicyclic) bond motifs is 5. The molecule has 23 nitrogen and oxygen atoms in total. The lowest BCUT2D eigenvalue weighted by Crippen LogP contribution is -2.32. The van der Waals surface area contributed by atoms with E-state index in [2.05, 4.69) is 35.6 Å². The highest BCUT2D eigenvalue weighted by Gasteiger charge is 2.53. The maximum atomic E-state index is 14.7. The molecule has 62 heavy (non-hydrogen) atoms. The zero-order valence-electron chi connectivity index (χ0n) is 33.6. The smallest absolute Gasteiger partial charge is 0.349 e. The van der Waals surface area contributed by atoms with Gasteiger partial charge >= 0.3 is 15.6 Å². The molecule has 0 spiro atoms. The second kappa shape index (κ2) is 17.5. The number of hydrogen-bond acceptors (Lipinski definition) is 17. The second-order valence-electron chi connectivity index (χ2n) is 15.1. The second-order valence-corrected chi connectivity index (χ2v) is 18.1. The first-order valence-corrected chi connectivity index (χ1v) is 22.5. The van der Waals surface area contributed by atoms with Crippen LogP contribution in [0.3, 0.4) is 0 Å². The molecule has 0 saturated carbocycles. The van der Waals surface area contributed by atoms with Crippen molar-refractivity contribution >= 4 is 61.4 Å². The van der Waals surface area contributed by atoms with Crippen LogP contribution in [-0.4, -0.2) is 95.0 Å². The van der Waals surface area contributed by atoms with Crippen LogP contribution in [0.2, 0.25) is 0 Å². The van der Waals surface area contributed by atoms with Crippen LogP contribution in [0.5, 0.6) is 0 Å². The van der Waals surface area contributed by atoms with Crippen molar-refractivity contribution in [2.24, 2.45) is 17.8 Å². The van der Waals surface area contributed by atoms with E-state index in [4.69, 9.17) is 32.1 Å². The Morgan fingerprint density at radius 3 is 2.44 bits per heavy atom. The topological polar surface area (TPSA) is 295 Å². The van der Waals surface area contributed by atoms with Gasteiger partial charge in [0, 0.05) is 29.5 Å². The molecule has 3 aliphatic rings. The van der Waals surface area contributed by atoms with Crippen LogP contribution in [-0.2, 0) is 46.0 Å². The quantitative estimate of drug-likeness (QED) is 0.117. The minimum Gasteiger partial charge on any atom is -0.349 e. The number of pyridine rings is 1. The molecule has 10 atom stereocenters. The molecule has 0 aliphatic carbocycles. The maximum Gasteiger partial charge on any atom is 0.475 e. The number of ether oxygens (including phenoxy) is 2. The van der Waals surface area contributed by atoms with E-state index >= 15 is 0 Å². The molecule has 4 N–H and O–H groups in total. The molecule has 4 aromatic heterocycles. The number of benzene rings is 1. The Morgan fingerprint density at radius 1 is 0.952 bits per heavy atom. The van der Waals surface area contributed by atoms with Gasteiger partial charge in [-0.15, -0.1) is 0 Å². The lowest BCUT2D eigenvalue weighted by Gasteiger charge is -2.28. The highest BCUT2D eigenvalue weighted by molar-refractivity contribution is 7.48. The van der Waals surface area contributed by atoms with Crippen molar-refractivity contribution in [3.8, 4) is 6.07 Å². The summed E-state index contributed by atoms with van der Waals surface area (Å²) in [5, 5.41) is 14.6. The third kappa shape index (κ3) is 8.71. The normalized spacial score (nSPS) is 30.3. The van der Waals surface area contributed by atoms with Crippen molar-refractivity contribution in [2.75, 3.05) is 30.5 Å². The van der Waals surface area contributed by atoms with Crippen molar-refractivity contribution in [1.29, 1.82) is 5.26 Å². The molecule has 8 rings (SSSR count). The van der Waals surface area contributed by atoms with Crippen molar-refractivity contribution in [1.82, 2.24) is 34.1 Å². The molecule has 2 unspecified atom stereocenters. The highest BCUT2D eigenvalue weighted by Crippen LogP contribution is 2.58. The largest absolute Gasteiger partial charge is 0.475 e. The zero-order valence-corrected chi connectivity index (χ0v) is 35.4. The number of carbonyl (C=O) groups is 2. The lowest BCUT2D eigenvalue weighted by molar-refractivity contribution is -0.118. The number of rotatable bonds is 9. The number of hydrogen-bond donors (Lipinski definition) is 4. The lowest BCUT2D eigenvalue weighted by atomic mass is 10.0. The predicted molar refractivity (Wildman–Crippen MR) is 215 cm³/mol. The molecule has 2 bridgehead atoms. The number of aromatic nitrogens is 7. The van der Waals surface area contributed by atoms with Gasteiger partial charge in [-0.05, 0) is 18.2 Å². The zero-order chi connectivity index (χ0) is 43.9. The average molecular weight is 897 g/mol. The van der Waals surface area contributed by atoms with Gasteiger partial charge in [0.05, 0.1) is 56.6 Å². The molecule has 3 fully saturated rings. The molecular weight excluding hydrogens is 854 g/mol. The van der Waals surface area contributed by atoms with Gasteiger partial charge in [0.25, 0.3) is 11.5 Å². The van der Waals surface area contributed by atoms with E-state index in [-0.39, 0.29) is 36.0 Å². The number of H-pyrrole nitrogens is 1. The molecule has 2 amide bonds. The van der Waals surface area contributed by atoms with E-state index < -0.39 is 101 Å². The molecular formula is C37H42N10O13P2. The summed E-state index contributed by atoms with van der Waals surface area (Å²) in [6.45, 7) is 5.17. The average Bonchev–Trinajstić information content (AvgIpc) is 4.01. The number of imidazole rings is 2. The Kier molecular flexibility index (Phi) is 12.2. The van der Waals surface area contributed by atoms with Crippen LogP contribution in [0.1, 0.15) is 56.9 Å². The minimum absolute atomic E-state index is 0.0469. The van der Waals surface area contributed by atoms with Crippen LogP contribution >= 0.6 is 15.6 Å². The van der Waals surface area contributed by atoms with Crippen LogP contribution < -0.4 is 16.2 Å². The molecule has 3 aliphatic heterocycles. The van der Waals surface area contributed by atoms with E-state index in [9.17, 15) is 33.7 Å². The van der Waals surface area contributed by atoms with Crippen LogP contribution in [0, 0.1) is 29.1 Å². The maximum absolute atomic E-state index is 14.7. The number of nitriles is 1. The van der Waals surface area contributed by atoms with E-state index in [1.807, 2.05) is 6.07 Å². The van der Waals surface area contributed by atoms with Crippen LogP contribution in [0.25, 0.3) is 22.2 Å². The van der Waals surface area contributed by atoms with Crippen molar-refractivity contribution in [2.45, 2.75) is 71.0 Å². The van der Waals surface area contributed by atoms with Gasteiger partial charge in [0.2, 0.25) is 11.9 Å². The van der Waals surface area contributed by atoms with Gasteiger partial charge in [-0.25, -0.2) is 24.1 Å². The third-order valence-corrected chi connectivity index (χ3v) is 13.1. The first kappa shape index (κ1) is 43.4. The summed E-state index contributed by atoms with van der Waals surface area (Å²) >= 11 is 0. The van der Waals surface area contributed by atoms with Gasteiger partial charge < -0.3 is 24.3 Å². The molecule has 3 saturated heterocycles. The number of amides is 2. The van der Waals surface area contributed by atoms with Gasteiger partial charge in [0.15, 0.2) is 23.2 Å². The number of anilines is 2. The van der Waals surface area contributed by atoms with Crippen molar-refractivity contribution in [3.63, 3.8) is 0 Å². The number of carbonyl (C=O) groups excluding carboxylic acids is 2. The first-order valence-electron chi connectivity index (χ1n) is 19.5. The highest BCUT2D eigenvalue weighted by atomic mass is 31.2. The number of nitrogens with zero attached hydrogens (tertiary/aromatic N) is 7. The summed E-state index contributed by atoms with van der Waals surface area (Å²) in [6, 6.07) is 12.1. The number of nitrogens with one attached hydrogen (secondary N) is 3. The molecule has 7 heterocycles. The molecule has 1 aromatic carbocycles. The van der Waals surface area contributed by atoms with Gasteiger partial charge in [-0.3, -0.25) is 51.9 Å². The Hall–Kier alpha value is -5.24. The monoisotopic (exact) mass is 896 g/mol. The van der Waals surface area contributed by atoms with Gasteiger partial charge in [0.1, 0.15) is 30.1 Å². The fourth-order valence-electron chi connectivity index (χ4n) is 7.34. The summed E-state index contributed by atoms with van der Waals surface area (Å²) in [5.74, 6) is -2.76. The number of phosphoric acid groups is 2. The van der Waals surface area contributed by atoms with E-state index in [1.54, 1.807) is 68.7 Å². The Morgan fingerprint density at radius 2 is 1.68 bits per heavy atom. The van der Waals surface area contributed by atoms with Crippen molar-refractivity contribution in [3.05, 3.63) is 71.2 Å². The van der Waals surface area contributed by atoms with E-state index in [0.717, 1.165) is 0 Å². The van der Waals surface area contributed by atoms with Crippen LogP contribution in [0.15, 0.2) is 60.0 Å². The van der Waals surface area contributed by atoms with E-state index in [0.29, 0.717) is 16.6 Å². The number of aromatic amines is 1. The van der Waals surface area contributed by atoms with Crippen LogP contribution in [0.4, 0.5) is 11.8 Å². The Labute approximate surface area is 352 Å². The van der Waals surface area contributed by atoms with Crippen molar-refractivity contribution < 1.29 is 55.7 Å². The summed E-state index contributed by atoms with van der Waals surface area (Å²) < 4.78 is 73.3. The Bertz CT molecular complexity index is 2690. The minimum atomic E-state index is -4.92. The molecule has 25 heteroatoms. The first-order chi connectivity index (χ1) is 29.6. The summed E-state index contributed by atoms with van der Waals surface area (Å²) in [4.78, 5) is 69.6. The SMILES string of the molecule is CC(C)C(=O)Nc1nc2c(ncn2[C@@H]2O[C@@H]3COP(=O)(O)O[C@H]4[C@@H](C)[C@H](n5cnc6c(NC(=O)c7ccccc7)nccc65)O[C@@H]4COP(=O)(OCCC#N)O[C@@H]2[C@@H]3C)c(=O)[nH]1. The van der Waals surface area contributed by atoms with Gasteiger partial charge in [-0.2, -0.15) is 10.2 Å². The molecule has 328 valence electrons. The summed E-state index contributed by atoms with van der Waals surface area (Å²) in [5.41, 5.74) is 0.365. The fraction of sp³-hybridized carbons (Fsp3) is 0.459. The molecule has 5 aromatic rings. The third-order valence-electron chi connectivity index (χ3n) is 10.6. The Balaban J connectivity index is 1.10. The molecule has 0 radical (unpaired) electrons. The van der Waals surface area contributed by atoms with E-state index in [1.165, 1.54) is 23.4 Å². The standard InChI is InChI=1S/C37H42N10O13P2/c1-19(2)32(48)44-37-43-31-27(34(50)45-37)41-18-47(31)36-29-20(3)24(57-36)15-55-61(51,52)59-28-21(4)35(58-25(28)16-56-62(53,60-29)54-14-8-12-38)46-17-40-26-23(46)11-13-39-30(26)42-33(49)22-9-6-5-7-10-22/h5-7,9-11,13,17-21,24-25,28-29,35-36H,8,14-16H2,1-4H3,(H,51,52)(H,39,42,49)(H2,43,44,45,48,50)/t20-,21-,24-,25-,28+,29-,35-,36-,62?/m1/s1.